The number of methoxy groups -OCH3 is 1. The summed E-state index contributed by atoms with van der Waals surface area (Å²) < 4.78 is 16.1. The molecule has 0 radical (unpaired) electrons. The lowest BCUT2D eigenvalue weighted by Crippen LogP contribution is -2.15. The van der Waals surface area contributed by atoms with Crippen molar-refractivity contribution in [3.63, 3.8) is 0 Å². The van der Waals surface area contributed by atoms with E-state index in [1.54, 1.807) is 49.8 Å². The van der Waals surface area contributed by atoms with Gasteiger partial charge in [0.15, 0.2) is 18.2 Å². The number of esters is 1. The highest BCUT2D eigenvalue weighted by atomic mass is 16.5. The Morgan fingerprint density at radius 2 is 1.73 bits per heavy atom. The molecule has 0 spiro atoms. The van der Waals surface area contributed by atoms with Crippen LogP contribution in [0, 0.1) is 0 Å². The minimum atomic E-state index is -0.597. The van der Waals surface area contributed by atoms with Gasteiger partial charge in [0, 0.05) is 10.9 Å². The number of hydrogen-bond acceptors (Lipinski definition) is 6. The Morgan fingerprint density at radius 1 is 0.909 bits per heavy atom. The van der Waals surface area contributed by atoms with Gasteiger partial charge in [0.05, 0.1) is 24.5 Å². The number of pyridine rings is 1. The maximum Gasteiger partial charge on any atom is 0.339 e. The Morgan fingerprint density at radius 3 is 2.55 bits per heavy atom. The van der Waals surface area contributed by atoms with Crippen molar-refractivity contribution in [1.29, 1.82) is 0 Å². The molecule has 0 bridgehead atoms. The average molecular weight is 437 g/mol. The number of benzene rings is 3. The van der Waals surface area contributed by atoms with E-state index in [-0.39, 0.29) is 12.4 Å². The van der Waals surface area contributed by atoms with Crippen LogP contribution < -0.4 is 4.74 Å². The molecule has 0 fully saturated rings. The number of ether oxygens (including phenoxy) is 2. The van der Waals surface area contributed by atoms with E-state index in [9.17, 15) is 9.59 Å². The van der Waals surface area contributed by atoms with Gasteiger partial charge in [0.2, 0.25) is 0 Å². The smallest absolute Gasteiger partial charge is 0.339 e. The summed E-state index contributed by atoms with van der Waals surface area (Å²) in [6.45, 7) is -0.368. The van der Waals surface area contributed by atoms with Crippen LogP contribution in [0.25, 0.3) is 33.1 Å². The molecule has 3 aromatic carbocycles. The van der Waals surface area contributed by atoms with Gasteiger partial charge in [0.25, 0.3) is 0 Å². The number of fused-ring (bicyclic) bond motifs is 2. The first-order valence-electron chi connectivity index (χ1n) is 10.3. The second-order valence-corrected chi connectivity index (χ2v) is 7.48. The number of Topliss-reactive ketones (excluding diaryl/α,β-unsaturated/α-hetero) is 1. The summed E-state index contributed by atoms with van der Waals surface area (Å²) in [7, 11) is 1.61. The van der Waals surface area contributed by atoms with E-state index in [0.29, 0.717) is 33.5 Å². The highest BCUT2D eigenvalue weighted by Gasteiger charge is 2.18. The maximum atomic E-state index is 13.0. The van der Waals surface area contributed by atoms with Crippen LogP contribution in [0.3, 0.4) is 0 Å². The number of rotatable bonds is 6. The van der Waals surface area contributed by atoms with Gasteiger partial charge in [-0.1, -0.05) is 36.4 Å². The number of aromatic nitrogens is 1. The number of carbonyl (C=O) groups excluding carboxylic acids is 2. The molecule has 33 heavy (non-hydrogen) atoms. The van der Waals surface area contributed by atoms with Crippen molar-refractivity contribution in [3.8, 4) is 17.2 Å². The van der Waals surface area contributed by atoms with Crippen LogP contribution in [0.2, 0.25) is 0 Å². The Labute approximate surface area is 189 Å². The van der Waals surface area contributed by atoms with Gasteiger partial charge in [-0.25, -0.2) is 9.78 Å². The SMILES string of the molecule is COc1ccc2cc(C(=O)COC(=O)c3cc(-c4ccco4)nc4ccccc34)ccc2c1. The molecule has 0 atom stereocenters. The van der Waals surface area contributed by atoms with Crippen molar-refractivity contribution in [2.24, 2.45) is 0 Å². The van der Waals surface area contributed by atoms with Crippen molar-refractivity contribution in [2.75, 3.05) is 13.7 Å². The Balaban J connectivity index is 1.39. The normalized spacial score (nSPS) is 10.9. The van der Waals surface area contributed by atoms with Crippen LogP contribution in [0.5, 0.6) is 5.75 Å². The van der Waals surface area contributed by atoms with E-state index >= 15 is 0 Å². The highest BCUT2D eigenvalue weighted by Crippen LogP contribution is 2.26. The van der Waals surface area contributed by atoms with E-state index in [4.69, 9.17) is 13.9 Å². The Kier molecular flexibility index (Phi) is 5.32. The number of ketones is 1. The summed E-state index contributed by atoms with van der Waals surface area (Å²) in [5, 5.41) is 2.50. The number of carbonyl (C=O) groups is 2. The second-order valence-electron chi connectivity index (χ2n) is 7.48. The number of hydrogen-bond donors (Lipinski definition) is 0. The van der Waals surface area contributed by atoms with E-state index in [1.807, 2.05) is 42.5 Å². The first kappa shape index (κ1) is 20.5. The number of furan rings is 1. The van der Waals surface area contributed by atoms with Gasteiger partial charge in [-0.3, -0.25) is 4.79 Å². The first-order valence-corrected chi connectivity index (χ1v) is 10.3. The molecule has 6 heteroatoms. The molecule has 2 heterocycles. The molecule has 0 unspecified atom stereocenters. The van der Waals surface area contributed by atoms with Gasteiger partial charge in [-0.2, -0.15) is 0 Å². The van der Waals surface area contributed by atoms with Crippen molar-refractivity contribution < 1.29 is 23.5 Å². The molecule has 2 aromatic heterocycles. The molecule has 162 valence electrons. The van der Waals surface area contributed by atoms with Crippen molar-refractivity contribution in [1.82, 2.24) is 4.98 Å². The third-order valence-corrected chi connectivity index (χ3v) is 5.41. The minimum Gasteiger partial charge on any atom is -0.497 e. The van der Waals surface area contributed by atoms with Gasteiger partial charge in [-0.15, -0.1) is 0 Å². The quantitative estimate of drug-likeness (QED) is 0.251. The monoisotopic (exact) mass is 437 g/mol. The fraction of sp³-hybridized carbons (Fsp3) is 0.0741. The Bertz CT molecular complexity index is 1490. The standard InChI is InChI=1S/C27H19NO5/c1-31-20-11-10-17-13-19(9-8-18(17)14-20)25(29)16-33-27(30)22-15-24(26-7-4-12-32-26)28-23-6-3-2-5-21(22)23/h2-15H,16H2,1H3. The second kappa shape index (κ2) is 8.59. The lowest BCUT2D eigenvalue weighted by atomic mass is 10.0. The van der Waals surface area contributed by atoms with Gasteiger partial charge < -0.3 is 13.9 Å². The molecule has 0 amide bonds. The molecule has 0 saturated heterocycles. The van der Waals surface area contributed by atoms with E-state index < -0.39 is 5.97 Å². The molecule has 0 saturated carbocycles. The third-order valence-electron chi connectivity index (χ3n) is 5.41. The molecule has 5 aromatic rings. The van der Waals surface area contributed by atoms with Crippen LogP contribution in [-0.2, 0) is 4.74 Å². The maximum absolute atomic E-state index is 13.0. The molecule has 0 aliphatic rings. The van der Waals surface area contributed by atoms with Crippen LogP contribution in [0.1, 0.15) is 20.7 Å². The molecule has 0 aliphatic heterocycles. The van der Waals surface area contributed by atoms with Gasteiger partial charge in [0.1, 0.15) is 11.4 Å². The van der Waals surface area contributed by atoms with Gasteiger partial charge in [-0.05, 0) is 53.2 Å². The largest absolute Gasteiger partial charge is 0.497 e. The van der Waals surface area contributed by atoms with E-state index in [1.165, 1.54) is 0 Å². The molecular formula is C27H19NO5. The topological polar surface area (TPSA) is 78.6 Å². The number of nitrogens with zero attached hydrogens (tertiary/aromatic N) is 1. The summed E-state index contributed by atoms with van der Waals surface area (Å²) in [5.41, 5.74) is 1.94. The van der Waals surface area contributed by atoms with Crippen LogP contribution >= 0.6 is 0 Å². The third kappa shape index (κ3) is 4.06. The lowest BCUT2D eigenvalue weighted by Gasteiger charge is -2.09. The molecule has 0 aliphatic carbocycles. The molecule has 0 N–H and O–H groups in total. The predicted octanol–water partition coefficient (Wildman–Crippen LogP) is 5.70. The summed E-state index contributed by atoms with van der Waals surface area (Å²) >= 11 is 0. The minimum absolute atomic E-state index is 0.286. The molecule has 6 nitrogen and oxygen atoms in total. The molecular weight excluding hydrogens is 418 g/mol. The average Bonchev–Trinajstić information content (AvgIpc) is 3.41. The summed E-state index contributed by atoms with van der Waals surface area (Å²) in [6.07, 6.45) is 1.54. The van der Waals surface area contributed by atoms with Crippen LogP contribution in [-0.4, -0.2) is 30.5 Å². The first-order chi connectivity index (χ1) is 16.1. The predicted molar refractivity (Wildman–Crippen MR) is 125 cm³/mol. The summed E-state index contributed by atoms with van der Waals surface area (Å²) in [4.78, 5) is 30.3. The van der Waals surface area contributed by atoms with Crippen molar-refractivity contribution >= 4 is 33.4 Å². The van der Waals surface area contributed by atoms with Crippen molar-refractivity contribution in [2.45, 2.75) is 0 Å². The van der Waals surface area contributed by atoms with Crippen LogP contribution in [0.4, 0.5) is 0 Å². The molecule has 5 rings (SSSR count). The highest BCUT2D eigenvalue weighted by molar-refractivity contribution is 6.06. The van der Waals surface area contributed by atoms with E-state index in [2.05, 4.69) is 4.98 Å². The summed E-state index contributed by atoms with van der Waals surface area (Å²) in [5.74, 6) is 0.402. The zero-order valence-electron chi connectivity index (χ0n) is 17.8. The fourth-order valence-electron chi connectivity index (χ4n) is 3.71. The van der Waals surface area contributed by atoms with Crippen LogP contribution in [0.15, 0.2) is 89.5 Å². The Hall–Kier alpha value is -4.45. The van der Waals surface area contributed by atoms with Crippen molar-refractivity contribution in [3.05, 3.63) is 96.3 Å². The zero-order valence-corrected chi connectivity index (χ0v) is 17.8. The fourth-order valence-corrected chi connectivity index (χ4v) is 3.71. The summed E-state index contributed by atoms with van der Waals surface area (Å²) in [6, 6.07) is 23.4. The van der Waals surface area contributed by atoms with E-state index in [0.717, 1.165) is 16.5 Å². The van der Waals surface area contributed by atoms with Gasteiger partial charge >= 0.3 is 5.97 Å². The number of para-hydroxylation sites is 1. The zero-order chi connectivity index (χ0) is 22.8. The lowest BCUT2D eigenvalue weighted by molar-refractivity contribution is 0.0476.